The molecular formula is C8H12FN3O2. The molecule has 1 heterocycles. The summed E-state index contributed by atoms with van der Waals surface area (Å²) in [6, 6.07) is 0. The third-order valence-electron chi connectivity index (χ3n) is 1.89. The molecule has 1 unspecified atom stereocenters. The van der Waals surface area contributed by atoms with E-state index in [2.05, 4.69) is 14.7 Å². The number of carbonyl (C=O) groups excluding carboxylic acids is 1. The highest BCUT2D eigenvalue weighted by atomic mass is 19.1. The normalized spacial score (nSPS) is 14.8. The molecular weight excluding hydrogens is 189 g/mol. The van der Waals surface area contributed by atoms with E-state index in [4.69, 9.17) is 5.73 Å². The summed E-state index contributed by atoms with van der Waals surface area (Å²) in [5, 5.41) is 0. The molecule has 0 spiro atoms. The number of ether oxygens (including phenoxy) is 1. The summed E-state index contributed by atoms with van der Waals surface area (Å²) in [5.41, 5.74) is 4.51. The van der Waals surface area contributed by atoms with Crippen molar-refractivity contribution in [2.75, 3.05) is 13.8 Å². The minimum Gasteiger partial charge on any atom is -0.468 e. The summed E-state index contributed by atoms with van der Waals surface area (Å²) in [6.07, 6.45) is 2.96. The minimum absolute atomic E-state index is 0.0379. The summed E-state index contributed by atoms with van der Waals surface area (Å²) >= 11 is 0. The van der Waals surface area contributed by atoms with Gasteiger partial charge in [0.1, 0.15) is 12.2 Å². The number of imidazole rings is 1. The number of halogens is 1. The van der Waals surface area contributed by atoms with Crippen molar-refractivity contribution in [2.24, 2.45) is 5.73 Å². The third kappa shape index (κ3) is 2.08. The van der Waals surface area contributed by atoms with Crippen LogP contribution in [0.25, 0.3) is 0 Å². The van der Waals surface area contributed by atoms with Gasteiger partial charge in [-0.3, -0.25) is 0 Å². The van der Waals surface area contributed by atoms with Crippen LogP contribution in [0.5, 0.6) is 0 Å². The fourth-order valence-electron chi connectivity index (χ4n) is 1.10. The van der Waals surface area contributed by atoms with Crippen molar-refractivity contribution in [3.8, 4) is 0 Å². The zero-order valence-electron chi connectivity index (χ0n) is 7.79. The Morgan fingerprint density at radius 2 is 2.57 bits per heavy atom. The molecule has 1 rings (SSSR count). The van der Waals surface area contributed by atoms with Crippen molar-refractivity contribution >= 4 is 5.97 Å². The Balaban J connectivity index is 2.76. The maximum Gasteiger partial charge on any atom is 0.328 e. The molecule has 0 aromatic carbocycles. The largest absolute Gasteiger partial charge is 0.468 e. The lowest BCUT2D eigenvalue weighted by Gasteiger charge is -2.21. The van der Waals surface area contributed by atoms with Gasteiger partial charge in [0.05, 0.1) is 13.4 Å². The quantitative estimate of drug-likeness (QED) is 0.660. The fourth-order valence-corrected chi connectivity index (χ4v) is 1.10. The maximum absolute atomic E-state index is 12.6. The molecule has 0 radical (unpaired) electrons. The van der Waals surface area contributed by atoms with Crippen LogP contribution in [0.4, 0.5) is 4.39 Å². The van der Waals surface area contributed by atoms with Gasteiger partial charge in [-0.2, -0.15) is 0 Å². The van der Waals surface area contributed by atoms with E-state index in [0.717, 1.165) is 0 Å². The molecule has 0 amide bonds. The Morgan fingerprint density at radius 3 is 3.00 bits per heavy atom. The summed E-state index contributed by atoms with van der Waals surface area (Å²) in [4.78, 5) is 17.7. The van der Waals surface area contributed by atoms with Crippen molar-refractivity contribution in [3.05, 3.63) is 18.2 Å². The molecule has 6 heteroatoms. The molecule has 0 fully saturated rings. The Hall–Kier alpha value is -1.43. The van der Waals surface area contributed by atoms with Gasteiger partial charge in [0.15, 0.2) is 0 Å². The molecule has 3 N–H and O–H groups in total. The first-order valence-electron chi connectivity index (χ1n) is 4.03. The maximum atomic E-state index is 12.6. The number of nitrogens with zero attached hydrogens (tertiary/aromatic N) is 1. The SMILES string of the molecule is COC(=O)C(N)(CF)Cc1cnc[nH]1. The number of esters is 1. The van der Waals surface area contributed by atoms with Gasteiger partial charge >= 0.3 is 5.97 Å². The lowest BCUT2D eigenvalue weighted by Crippen LogP contribution is -2.52. The van der Waals surface area contributed by atoms with Crippen LogP contribution >= 0.6 is 0 Å². The van der Waals surface area contributed by atoms with Gasteiger partial charge < -0.3 is 15.5 Å². The number of nitrogens with two attached hydrogens (primary N) is 1. The molecule has 1 atom stereocenters. The standard InChI is InChI=1S/C8H12FN3O2/c1-14-7(13)8(10,4-9)2-6-3-11-5-12-6/h3,5H,2,4,10H2,1H3,(H,11,12). The van der Waals surface area contributed by atoms with E-state index >= 15 is 0 Å². The summed E-state index contributed by atoms with van der Waals surface area (Å²) in [6.45, 7) is -0.974. The first kappa shape index (κ1) is 10.6. The lowest BCUT2D eigenvalue weighted by atomic mass is 9.97. The van der Waals surface area contributed by atoms with E-state index in [9.17, 15) is 9.18 Å². The van der Waals surface area contributed by atoms with Crippen molar-refractivity contribution < 1.29 is 13.9 Å². The van der Waals surface area contributed by atoms with E-state index in [-0.39, 0.29) is 6.42 Å². The zero-order valence-corrected chi connectivity index (χ0v) is 7.79. The fraction of sp³-hybridized carbons (Fsp3) is 0.500. The number of hydrogen-bond donors (Lipinski definition) is 2. The van der Waals surface area contributed by atoms with Gasteiger partial charge in [0, 0.05) is 18.3 Å². The molecule has 78 valence electrons. The van der Waals surface area contributed by atoms with Crippen molar-refractivity contribution in [2.45, 2.75) is 12.0 Å². The first-order chi connectivity index (χ1) is 6.62. The zero-order chi connectivity index (χ0) is 10.6. The number of carbonyl (C=O) groups is 1. The van der Waals surface area contributed by atoms with Crippen molar-refractivity contribution in [1.82, 2.24) is 9.97 Å². The van der Waals surface area contributed by atoms with Gasteiger partial charge in [0.25, 0.3) is 0 Å². The summed E-state index contributed by atoms with van der Waals surface area (Å²) < 4.78 is 17.0. The van der Waals surface area contributed by atoms with Crippen molar-refractivity contribution in [1.29, 1.82) is 0 Å². The average molecular weight is 201 g/mol. The van der Waals surface area contributed by atoms with Crippen molar-refractivity contribution in [3.63, 3.8) is 0 Å². The van der Waals surface area contributed by atoms with Gasteiger partial charge in [-0.05, 0) is 0 Å². The highest BCUT2D eigenvalue weighted by molar-refractivity contribution is 5.81. The van der Waals surface area contributed by atoms with E-state index in [1.54, 1.807) is 0 Å². The molecule has 0 aliphatic heterocycles. The van der Waals surface area contributed by atoms with E-state index in [1.165, 1.54) is 19.6 Å². The number of aromatic amines is 1. The average Bonchev–Trinajstić information content (AvgIpc) is 2.68. The lowest BCUT2D eigenvalue weighted by molar-refractivity contribution is -0.147. The second-order valence-electron chi connectivity index (χ2n) is 3.03. The number of H-pyrrole nitrogens is 1. The number of alkyl halides is 1. The highest BCUT2D eigenvalue weighted by Crippen LogP contribution is 2.11. The molecule has 14 heavy (non-hydrogen) atoms. The molecule has 0 bridgehead atoms. The number of rotatable bonds is 4. The van der Waals surface area contributed by atoms with Gasteiger partial charge in [0.2, 0.25) is 0 Å². The minimum atomic E-state index is -1.62. The Labute approximate surface area is 80.5 Å². The molecule has 0 aliphatic carbocycles. The van der Waals surface area contributed by atoms with E-state index in [1.807, 2.05) is 0 Å². The van der Waals surface area contributed by atoms with Gasteiger partial charge in [-0.15, -0.1) is 0 Å². The van der Waals surface area contributed by atoms with Crippen LogP contribution in [-0.2, 0) is 16.0 Å². The number of hydrogen-bond acceptors (Lipinski definition) is 4. The molecule has 1 aromatic heterocycles. The first-order valence-corrected chi connectivity index (χ1v) is 4.03. The smallest absolute Gasteiger partial charge is 0.328 e. The number of methoxy groups -OCH3 is 1. The number of nitrogens with one attached hydrogen (secondary N) is 1. The van der Waals surface area contributed by atoms with Crippen LogP contribution in [0.1, 0.15) is 5.69 Å². The monoisotopic (exact) mass is 201 g/mol. The molecule has 0 saturated heterocycles. The highest BCUT2D eigenvalue weighted by Gasteiger charge is 2.36. The van der Waals surface area contributed by atoms with Crippen LogP contribution in [0.15, 0.2) is 12.5 Å². The predicted octanol–water partition coefficient (Wildman–Crippen LogP) is -0.208. The summed E-state index contributed by atoms with van der Waals surface area (Å²) in [7, 11) is 1.17. The number of aromatic nitrogens is 2. The second kappa shape index (κ2) is 4.19. The predicted molar refractivity (Wildman–Crippen MR) is 47.2 cm³/mol. The van der Waals surface area contributed by atoms with Crippen LogP contribution < -0.4 is 5.73 Å². The van der Waals surface area contributed by atoms with Crippen LogP contribution in [0.3, 0.4) is 0 Å². The second-order valence-corrected chi connectivity index (χ2v) is 3.03. The molecule has 0 aliphatic rings. The Morgan fingerprint density at radius 1 is 1.86 bits per heavy atom. The van der Waals surface area contributed by atoms with Crippen LogP contribution in [-0.4, -0.2) is 35.3 Å². The third-order valence-corrected chi connectivity index (χ3v) is 1.89. The van der Waals surface area contributed by atoms with E-state index < -0.39 is 18.2 Å². The summed E-state index contributed by atoms with van der Waals surface area (Å²) in [5.74, 6) is -0.769. The Kier molecular flexibility index (Phi) is 3.19. The van der Waals surface area contributed by atoms with Gasteiger partial charge in [-0.25, -0.2) is 14.2 Å². The van der Waals surface area contributed by atoms with E-state index in [0.29, 0.717) is 5.69 Å². The molecule has 0 saturated carbocycles. The molecule has 5 nitrogen and oxygen atoms in total. The molecule has 1 aromatic rings. The topological polar surface area (TPSA) is 81.0 Å². The Bertz CT molecular complexity index is 302. The van der Waals surface area contributed by atoms with Crippen LogP contribution in [0.2, 0.25) is 0 Å². The van der Waals surface area contributed by atoms with Crippen LogP contribution in [0, 0.1) is 0 Å². The van der Waals surface area contributed by atoms with Gasteiger partial charge in [-0.1, -0.05) is 0 Å².